The van der Waals surface area contributed by atoms with Crippen LogP contribution in [0.1, 0.15) is 46.9 Å². The van der Waals surface area contributed by atoms with E-state index in [2.05, 4.69) is 27.2 Å². The van der Waals surface area contributed by atoms with Gasteiger partial charge in [0.2, 0.25) is 0 Å². The first-order chi connectivity index (χ1) is 16.9. The summed E-state index contributed by atoms with van der Waals surface area (Å²) in [7, 11) is 2.11. The number of likely N-dealkylation sites (tertiary alicyclic amines) is 1. The quantitative estimate of drug-likeness (QED) is 0.443. The number of likely N-dealkylation sites (N-methyl/N-ethyl adjacent to an activating group) is 1. The van der Waals surface area contributed by atoms with Crippen molar-refractivity contribution in [3.05, 3.63) is 71.9 Å². The molecule has 5 rings (SSSR count). The lowest BCUT2D eigenvalue weighted by Gasteiger charge is -2.28. The van der Waals surface area contributed by atoms with Crippen LogP contribution in [0.5, 0.6) is 0 Å². The number of carbonyl (C=O) groups excluding carboxylic acids is 1. The zero-order chi connectivity index (χ0) is 24.5. The number of carbonyl (C=O) groups is 1. The Morgan fingerprint density at radius 3 is 2.71 bits per heavy atom. The summed E-state index contributed by atoms with van der Waals surface area (Å²) in [4.78, 5) is 28.2. The van der Waals surface area contributed by atoms with Crippen LogP contribution in [0.2, 0.25) is 0 Å². The van der Waals surface area contributed by atoms with Gasteiger partial charge >= 0.3 is 0 Å². The highest BCUT2D eigenvalue weighted by molar-refractivity contribution is 6.04. The fourth-order valence-corrected chi connectivity index (χ4v) is 4.57. The number of halogens is 2. The van der Waals surface area contributed by atoms with E-state index in [4.69, 9.17) is 10.7 Å². The first-order valence-electron chi connectivity index (χ1n) is 11.4. The molecule has 1 aliphatic rings. The van der Waals surface area contributed by atoms with Crippen molar-refractivity contribution in [2.24, 2.45) is 0 Å². The molecule has 10 heteroatoms. The maximum absolute atomic E-state index is 12.9. The number of nitrogen functional groups attached to an aromatic ring is 1. The van der Waals surface area contributed by atoms with E-state index in [0.717, 1.165) is 48.9 Å². The van der Waals surface area contributed by atoms with Crippen molar-refractivity contribution in [3.63, 3.8) is 0 Å². The van der Waals surface area contributed by atoms with Gasteiger partial charge in [0.25, 0.3) is 12.3 Å². The molecular weight excluding hydrogens is 452 g/mol. The van der Waals surface area contributed by atoms with Gasteiger partial charge in [-0.25, -0.2) is 23.7 Å². The number of nitrogens with one attached hydrogen (secondary N) is 1. The van der Waals surface area contributed by atoms with Crippen LogP contribution < -0.4 is 11.1 Å². The van der Waals surface area contributed by atoms with Gasteiger partial charge < -0.3 is 16.0 Å². The van der Waals surface area contributed by atoms with E-state index >= 15 is 0 Å². The van der Waals surface area contributed by atoms with Crippen LogP contribution in [0.15, 0.2) is 55.0 Å². The number of pyridine rings is 1. The minimum atomic E-state index is -2.64. The van der Waals surface area contributed by atoms with Gasteiger partial charge in [-0.05, 0) is 50.7 Å². The number of hydrogen-bond donors (Lipinski definition) is 2. The highest BCUT2D eigenvalue weighted by Crippen LogP contribution is 2.33. The van der Waals surface area contributed by atoms with E-state index in [1.807, 2.05) is 10.6 Å². The molecule has 4 heterocycles. The molecule has 3 N–H and O–H groups in total. The van der Waals surface area contributed by atoms with Crippen LogP contribution in [0.4, 0.5) is 20.4 Å². The second-order valence-corrected chi connectivity index (χ2v) is 8.76. The molecule has 4 aromatic rings. The Bertz CT molecular complexity index is 1370. The normalized spacial score (nSPS) is 16.6. The van der Waals surface area contributed by atoms with E-state index in [0.29, 0.717) is 17.1 Å². The van der Waals surface area contributed by atoms with Crippen LogP contribution in [0.25, 0.3) is 16.8 Å². The summed E-state index contributed by atoms with van der Waals surface area (Å²) in [5.74, 6) is 1.23. The summed E-state index contributed by atoms with van der Waals surface area (Å²) in [6, 6.07) is 9.28. The molecular formula is C25H25F2N7O. The average molecular weight is 478 g/mol. The van der Waals surface area contributed by atoms with Gasteiger partial charge in [0.1, 0.15) is 28.7 Å². The lowest BCUT2D eigenvalue weighted by atomic mass is 9.98. The maximum Gasteiger partial charge on any atom is 0.264 e. The van der Waals surface area contributed by atoms with E-state index in [-0.39, 0.29) is 17.3 Å². The molecule has 0 spiro atoms. The third-order valence-electron chi connectivity index (χ3n) is 6.30. The molecule has 8 nitrogen and oxygen atoms in total. The molecule has 1 aliphatic heterocycles. The first kappa shape index (κ1) is 22.9. The Balaban J connectivity index is 1.44. The number of aromatic nitrogens is 4. The number of benzene rings is 1. The monoisotopic (exact) mass is 477 g/mol. The Morgan fingerprint density at radius 2 is 1.97 bits per heavy atom. The standard InChI is InChI=1S/C25H25F2N7O/c1-33-11-2-3-18(14-33)24-32-20(21-23(28)30-10-12-34(21)24)15-4-6-16(7-5-15)25(35)31-19-13-17(22(26)27)8-9-29-19/h4-10,12-13,18,22H,2-3,11,14H2,1H3,(H2,28,30)(H,29,31,35)/t18-/m1/s1. The Kier molecular flexibility index (Phi) is 6.12. The van der Waals surface area contributed by atoms with Gasteiger partial charge in [0.15, 0.2) is 0 Å². The molecule has 0 saturated carbocycles. The minimum absolute atomic E-state index is 0.0675. The van der Waals surface area contributed by atoms with E-state index in [1.165, 1.54) is 12.3 Å². The number of nitrogens with two attached hydrogens (primary N) is 1. The number of imidazole rings is 1. The molecule has 3 aromatic heterocycles. The second kappa shape index (κ2) is 9.38. The number of alkyl halides is 2. The molecule has 0 radical (unpaired) electrons. The molecule has 1 fully saturated rings. The number of hydrogen-bond acceptors (Lipinski definition) is 6. The predicted octanol–water partition coefficient (Wildman–Crippen LogP) is 4.37. The summed E-state index contributed by atoms with van der Waals surface area (Å²) in [5, 5.41) is 2.56. The summed E-state index contributed by atoms with van der Waals surface area (Å²) < 4.78 is 27.9. The van der Waals surface area contributed by atoms with Crippen molar-refractivity contribution in [1.29, 1.82) is 0 Å². The van der Waals surface area contributed by atoms with Gasteiger partial charge in [-0.15, -0.1) is 0 Å². The van der Waals surface area contributed by atoms with Gasteiger partial charge in [-0.3, -0.25) is 9.20 Å². The smallest absolute Gasteiger partial charge is 0.264 e. The fraction of sp³-hybridized carbons (Fsp3) is 0.280. The third kappa shape index (κ3) is 4.57. The summed E-state index contributed by atoms with van der Waals surface area (Å²) in [6.45, 7) is 1.99. The second-order valence-electron chi connectivity index (χ2n) is 8.76. The zero-order valence-electron chi connectivity index (χ0n) is 19.2. The van der Waals surface area contributed by atoms with Gasteiger partial charge in [-0.1, -0.05) is 12.1 Å². The molecule has 1 atom stereocenters. The molecule has 0 bridgehead atoms. The van der Waals surface area contributed by atoms with E-state index in [1.54, 1.807) is 30.5 Å². The Morgan fingerprint density at radius 1 is 1.17 bits per heavy atom. The van der Waals surface area contributed by atoms with Crippen molar-refractivity contribution in [3.8, 4) is 11.3 Å². The zero-order valence-corrected chi connectivity index (χ0v) is 19.2. The lowest BCUT2D eigenvalue weighted by Crippen LogP contribution is -2.31. The van der Waals surface area contributed by atoms with Crippen molar-refractivity contribution < 1.29 is 13.6 Å². The van der Waals surface area contributed by atoms with Crippen LogP contribution >= 0.6 is 0 Å². The van der Waals surface area contributed by atoms with Crippen molar-refractivity contribution in [1.82, 2.24) is 24.3 Å². The molecule has 1 saturated heterocycles. The Hall–Kier alpha value is -3.92. The summed E-state index contributed by atoms with van der Waals surface area (Å²) in [6.07, 6.45) is 4.31. The number of piperidine rings is 1. The van der Waals surface area contributed by atoms with Gasteiger partial charge in [-0.2, -0.15) is 0 Å². The molecule has 0 unspecified atom stereocenters. The topological polar surface area (TPSA) is 101 Å². The minimum Gasteiger partial charge on any atom is -0.382 e. The maximum atomic E-state index is 12.9. The highest BCUT2D eigenvalue weighted by Gasteiger charge is 2.26. The number of amides is 1. The lowest BCUT2D eigenvalue weighted by molar-refractivity contribution is 0.102. The predicted molar refractivity (Wildman–Crippen MR) is 129 cm³/mol. The van der Waals surface area contributed by atoms with Gasteiger partial charge in [0.05, 0.1) is 0 Å². The summed E-state index contributed by atoms with van der Waals surface area (Å²) >= 11 is 0. The van der Waals surface area contributed by atoms with E-state index < -0.39 is 12.3 Å². The number of rotatable bonds is 5. The summed E-state index contributed by atoms with van der Waals surface area (Å²) in [5.41, 5.74) is 8.65. The van der Waals surface area contributed by atoms with Crippen LogP contribution in [-0.4, -0.2) is 50.3 Å². The van der Waals surface area contributed by atoms with Crippen molar-refractivity contribution in [2.45, 2.75) is 25.2 Å². The molecule has 0 aliphatic carbocycles. The largest absolute Gasteiger partial charge is 0.382 e. The van der Waals surface area contributed by atoms with Crippen LogP contribution in [0.3, 0.4) is 0 Å². The molecule has 1 amide bonds. The molecule has 180 valence electrons. The van der Waals surface area contributed by atoms with Crippen molar-refractivity contribution >= 4 is 23.1 Å². The van der Waals surface area contributed by atoms with Crippen LogP contribution in [0, 0.1) is 0 Å². The Labute approximate surface area is 200 Å². The van der Waals surface area contributed by atoms with E-state index in [9.17, 15) is 13.6 Å². The highest BCUT2D eigenvalue weighted by atomic mass is 19.3. The molecule has 1 aromatic carbocycles. The van der Waals surface area contributed by atoms with Gasteiger partial charge in [0, 0.05) is 47.7 Å². The molecule has 35 heavy (non-hydrogen) atoms. The van der Waals surface area contributed by atoms with Crippen LogP contribution in [-0.2, 0) is 0 Å². The van der Waals surface area contributed by atoms with Crippen molar-refractivity contribution in [2.75, 3.05) is 31.2 Å². The number of fused-ring (bicyclic) bond motifs is 1. The third-order valence-corrected chi connectivity index (χ3v) is 6.30. The number of anilines is 2. The fourth-order valence-electron chi connectivity index (χ4n) is 4.57. The first-order valence-corrected chi connectivity index (χ1v) is 11.4. The number of nitrogens with zero attached hydrogens (tertiary/aromatic N) is 5. The SMILES string of the molecule is CN1CCC[C@@H](c2nc(-c3ccc(C(=O)Nc4cc(C(F)F)ccn4)cc3)c3c(N)nccn23)C1. The average Bonchev–Trinajstić information content (AvgIpc) is 3.25.